The van der Waals surface area contributed by atoms with E-state index in [-0.39, 0.29) is 23.9 Å². The minimum absolute atomic E-state index is 0.0222. The highest BCUT2D eigenvalue weighted by molar-refractivity contribution is 5.90. The van der Waals surface area contributed by atoms with Gasteiger partial charge in [-0.2, -0.15) is 0 Å². The summed E-state index contributed by atoms with van der Waals surface area (Å²) >= 11 is 0. The lowest BCUT2D eigenvalue weighted by molar-refractivity contribution is -0.136. The molecule has 1 aliphatic heterocycles. The zero-order valence-electron chi connectivity index (χ0n) is 11.6. The van der Waals surface area contributed by atoms with Gasteiger partial charge in [-0.15, -0.1) is 0 Å². The highest BCUT2D eigenvalue weighted by atomic mass is 16.2. The summed E-state index contributed by atoms with van der Waals surface area (Å²) in [6, 6.07) is 5.26. The Kier molecular flexibility index (Phi) is 3.42. The number of pyridine rings is 1. The van der Waals surface area contributed by atoms with Gasteiger partial charge in [-0.05, 0) is 37.8 Å². The second-order valence-corrected chi connectivity index (χ2v) is 5.59. The molecule has 1 aromatic heterocycles. The molecule has 2 unspecified atom stereocenters. The zero-order chi connectivity index (χ0) is 14.1. The van der Waals surface area contributed by atoms with E-state index in [4.69, 9.17) is 0 Å². The van der Waals surface area contributed by atoms with Crippen molar-refractivity contribution in [3.05, 3.63) is 30.1 Å². The number of rotatable bonds is 3. The zero-order valence-corrected chi connectivity index (χ0v) is 11.6. The Morgan fingerprint density at radius 1 is 1.35 bits per heavy atom. The SMILES string of the molecule is CC(c1ccccn1)N1CCC(=O)NC(C2CC2)C1=O. The molecule has 0 spiro atoms. The van der Waals surface area contributed by atoms with Gasteiger partial charge in [0.05, 0.1) is 11.7 Å². The van der Waals surface area contributed by atoms with E-state index in [0.29, 0.717) is 18.9 Å². The van der Waals surface area contributed by atoms with Gasteiger partial charge in [-0.3, -0.25) is 14.6 Å². The fourth-order valence-corrected chi connectivity index (χ4v) is 2.73. The molecular formula is C15H19N3O2. The van der Waals surface area contributed by atoms with Crippen LogP contribution in [0, 0.1) is 5.92 Å². The summed E-state index contributed by atoms with van der Waals surface area (Å²) in [5.74, 6) is 0.338. The van der Waals surface area contributed by atoms with E-state index in [0.717, 1.165) is 18.5 Å². The van der Waals surface area contributed by atoms with Crippen molar-refractivity contribution in [3.8, 4) is 0 Å². The molecule has 2 heterocycles. The van der Waals surface area contributed by atoms with Crippen molar-refractivity contribution in [2.75, 3.05) is 6.54 Å². The Hall–Kier alpha value is -1.91. The van der Waals surface area contributed by atoms with Gasteiger partial charge in [0.2, 0.25) is 11.8 Å². The summed E-state index contributed by atoms with van der Waals surface area (Å²) in [5.41, 5.74) is 0.866. The number of hydrogen-bond donors (Lipinski definition) is 1. The van der Waals surface area contributed by atoms with Gasteiger partial charge in [0.1, 0.15) is 6.04 Å². The number of hydrogen-bond acceptors (Lipinski definition) is 3. The Bertz CT molecular complexity index is 513. The van der Waals surface area contributed by atoms with E-state index < -0.39 is 0 Å². The Morgan fingerprint density at radius 3 is 2.80 bits per heavy atom. The van der Waals surface area contributed by atoms with Gasteiger partial charge >= 0.3 is 0 Å². The largest absolute Gasteiger partial charge is 0.344 e. The summed E-state index contributed by atoms with van der Waals surface area (Å²) in [4.78, 5) is 30.6. The van der Waals surface area contributed by atoms with Crippen LogP contribution in [0.5, 0.6) is 0 Å². The molecule has 1 aliphatic carbocycles. The molecule has 0 radical (unpaired) electrons. The van der Waals surface area contributed by atoms with Crippen LogP contribution in [0.2, 0.25) is 0 Å². The Balaban J connectivity index is 1.83. The monoisotopic (exact) mass is 273 g/mol. The number of aromatic nitrogens is 1. The molecule has 106 valence electrons. The van der Waals surface area contributed by atoms with E-state index in [1.165, 1.54) is 0 Å². The third-order valence-electron chi connectivity index (χ3n) is 4.12. The maximum absolute atomic E-state index is 12.7. The number of amides is 2. The van der Waals surface area contributed by atoms with Crippen LogP contribution >= 0.6 is 0 Å². The van der Waals surface area contributed by atoms with Crippen LogP contribution in [0.3, 0.4) is 0 Å². The molecule has 5 nitrogen and oxygen atoms in total. The third-order valence-corrected chi connectivity index (χ3v) is 4.12. The number of carbonyl (C=O) groups is 2. The lowest BCUT2D eigenvalue weighted by Gasteiger charge is -2.29. The normalized spacial score (nSPS) is 25.1. The Labute approximate surface area is 118 Å². The van der Waals surface area contributed by atoms with Gasteiger partial charge in [0.15, 0.2) is 0 Å². The van der Waals surface area contributed by atoms with Crippen LogP contribution in [-0.2, 0) is 9.59 Å². The van der Waals surface area contributed by atoms with Crippen LogP contribution < -0.4 is 5.32 Å². The van der Waals surface area contributed by atoms with Crippen molar-refractivity contribution in [2.24, 2.45) is 5.92 Å². The van der Waals surface area contributed by atoms with Crippen molar-refractivity contribution in [2.45, 2.75) is 38.3 Å². The number of carbonyl (C=O) groups excluding carboxylic acids is 2. The van der Waals surface area contributed by atoms with Crippen LogP contribution in [0.4, 0.5) is 0 Å². The van der Waals surface area contributed by atoms with Crippen molar-refractivity contribution >= 4 is 11.8 Å². The summed E-state index contributed by atoms with van der Waals surface area (Å²) < 4.78 is 0. The minimum atomic E-state index is -0.337. The molecule has 1 saturated carbocycles. The standard InChI is InChI=1S/C15H19N3O2/c1-10(12-4-2-3-8-16-12)18-9-7-13(19)17-14(15(18)20)11-5-6-11/h2-4,8,10-11,14H,5-7,9H2,1H3,(H,17,19). The molecule has 0 aromatic carbocycles. The lowest BCUT2D eigenvalue weighted by Crippen LogP contribution is -2.46. The molecule has 2 amide bonds. The van der Waals surface area contributed by atoms with Crippen molar-refractivity contribution < 1.29 is 9.59 Å². The van der Waals surface area contributed by atoms with Crippen LogP contribution in [-0.4, -0.2) is 34.3 Å². The van der Waals surface area contributed by atoms with Gasteiger partial charge in [0.25, 0.3) is 0 Å². The first-order chi connectivity index (χ1) is 9.66. The molecule has 20 heavy (non-hydrogen) atoms. The molecule has 5 heteroatoms. The van der Waals surface area contributed by atoms with Gasteiger partial charge in [0, 0.05) is 19.2 Å². The molecule has 0 bridgehead atoms. The molecule has 3 rings (SSSR count). The molecule has 2 atom stereocenters. The summed E-state index contributed by atoms with van der Waals surface area (Å²) in [5, 5.41) is 2.88. The highest BCUT2D eigenvalue weighted by Gasteiger charge is 2.42. The van der Waals surface area contributed by atoms with E-state index in [1.54, 1.807) is 11.1 Å². The second kappa shape index (κ2) is 5.23. The lowest BCUT2D eigenvalue weighted by atomic mass is 10.1. The number of nitrogens with zero attached hydrogens (tertiary/aromatic N) is 2. The van der Waals surface area contributed by atoms with Crippen molar-refractivity contribution in [3.63, 3.8) is 0 Å². The average Bonchev–Trinajstić information content (AvgIpc) is 3.29. The quantitative estimate of drug-likeness (QED) is 0.902. The molecular weight excluding hydrogens is 254 g/mol. The summed E-state index contributed by atoms with van der Waals surface area (Å²) in [7, 11) is 0. The fraction of sp³-hybridized carbons (Fsp3) is 0.533. The van der Waals surface area contributed by atoms with Crippen LogP contribution in [0.25, 0.3) is 0 Å². The third kappa shape index (κ3) is 2.53. The van der Waals surface area contributed by atoms with Crippen LogP contribution in [0.15, 0.2) is 24.4 Å². The van der Waals surface area contributed by atoms with Gasteiger partial charge < -0.3 is 10.2 Å². The maximum atomic E-state index is 12.7. The summed E-state index contributed by atoms with van der Waals surface area (Å²) in [6.07, 6.45) is 4.16. The molecule has 1 N–H and O–H groups in total. The van der Waals surface area contributed by atoms with Crippen molar-refractivity contribution in [1.29, 1.82) is 0 Å². The van der Waals surface area contributed by atoms with Crippen LogP contribution in [0.1, 0.15) is 37.9 Å². The van der Waals surface area contributed by atoms with E-state index in [9.17, 15) is 9.59 Å². The molecule has 2 fully saturated rings. The summed E-state index contributed by atoms with van der Waals surface area (Å²) in [6.45, 7) is 2.44. The predicted molar refractivity (Wildman–Crippen MR) is 73.6 cm³/mol. The van der Waals surface area contributed by atoms with Crippen molar-refractivity contribution in [1.82, 2.24) is 15.2 Å². The maximum Gasteiger partial charge on any atom is 0.246 e. The molecule has 2 aliphatic rings. The first-order valence-electron chi connectivity index (χ1n) is 7.17. The first-order valence-corrected chi connectivity index (χ1v) is 7.17. The van der Waals surface area contributed by atoms with Gasteiger partial charge in [-0.1, -0.05) is 6.07 Å². The van der Waals surface area contributed by atoms with Gasteiger partial charge in [-0.25, -0.2) is 0 Å². The molecule has 1 aromatic rings. The highest BCUT2D eigenvalue weighted by Crippen LogP contribution is 2.35. The topological polar surface area (TPSA) is 62.3 Å². The van der Waals surface area contributed by atoms with E-state index in [2.05, 4.69) is 10.3 Å². The molecule has 1 saturated heterocycles. The first kappa shape index (κ1) is 13.1. The smallest absolute Gasteiger partial charge is 0.246 e. The van der Waals surface area contributed by atoms with E-state index in [1.807, 2.05) is 25.1 Å². The Morgan fingerprint density at radius 2 is 2.15 bits per heavy atom. The number of nitrogens with one attached hydrogen (secondary N) is 1. The minimum Gasteiger partial charge on any atom is -0.344 e. The average molecular weight is 273 g/mol. The fourth-order valence-electron chi connectivity index (χ4n) is 2.73. The van der Waals surface area contributed by atoms with E-state index >= 15 is 0 Å². The predicted octanol–water partition coefficient (Wildman–Crippen LogP) is 1.27. The second-order valence-electron chi connectivity index (χ2n) is 5.59.